The van der Waals surface area contributed by atoms with Gasteiger partial charge in [-0.1, -0.05) is 20.3 Å². The number of hydrogen-bond acceptors (Lipinski definition) is 1. The highest BCUT2D eigenvalue weighted by molar-refractivity contribution is 4.84. The van der Waals surface area contributed by atoms with Crippen LogP contribution in [0.2, 0.25) is 0 Å². The topological polar surface area (TPSA) is 23.8 Å². The van der Waals surface area contributed by atoms with Crippen molar-refractivity contribution in [2.24, 2.45) is 11.3 Å². The Morgan fingerprint density at radius 3 is 2.82 bits per heavy atom. The van der Waals surface area contributed by atoms with Crippen LogP contribution >= 0.6 is 0 Å². The summed E-state index contributed by atoms with van der Waals surface area (Å²) in [5, 5.41) is 8.54. The van der Waals surface area contributed by atoms with Crippen molar-refractivity contribution in [3.63, 3.8) is 0 Å². The summed E-state index contributed by atoms with van der Waals surface area (Å²) in [6.45, 7) is 4.63. The van der Waals surface area contributed by atoms with Crippen LogP contribution < -0.4 is 0 Å². The van der Waals surface area contributed by atoms with Crippen LogP contribution in [0.3, 0.4) is 0 Å². The molecule has 0 heterocycles. The highest BCUT2D eigenvalue weighted by atomic mass is 14.3. The van der Waals surface area contributed by atoms with Crippen molar-refractivity contribution < 1.29 is 0 Å². The van der Waals surface area contributed by atoms with E-state index >= 15 is 0 Å². The Bertz CT molecular complexity index is 164. The summed E-state index contributed by atoms with van der Waals surface area (Å²) in [4.78, 5) is 0. The third-order valence-corrected chi connectivity index (χ3v) is 2.69. The van der Waals surface area contributed by atoms with Crippen molar-refractivity contribution >= 4 is 0 Å². The minimum absolute atomic E-state index is 0.500. The second kappa shape index (κ2) is 3.26. The molecule has 0 aromatic rings. The van der Waals surface area contributed by atoms with Gasteiger partial charge in [0, 0.05) is 6.42 Å². The van der Waals surface area contributed by atoms with Gasteiger partial charge in [0.25, 0.3) is 0 Å². The average molecular weight is 151 g/mol. The van der Waals surface area contributed by atoms with E-state index in [2.05, 4.69) is 19.9 Å². The van der Waals surface area contributed by atoms with E-state index in [-0.39, 0.29) is 0 Å². The van der Waals surface area contributed by atoms with Gasteiger partial charge in [-0.15, -0.1) is 0 Å². The lowest BCUT2D eigenvalue weighted by Gasteiger charge is -2.34. The zero-order chi connectivity index (χ0) is 8.32. The van der Waals surface area contributed by atoms with Gasteiger partial charge in [-0.2, -0.15) is 5.26 Å². The summed E-state index contributed by atoms with van der Waals surface area (Å²) in [7, 11) is 0. The first-order chi connectivity index (χ1) is 5.14. The molecule has 1 saturated carbocycles. The molecule has 0 aliphatic heterocycles. The molecule has 1 aliphatic rings. The van der Waals surface area contributed by atoms with E-state index < -0.39 is 0 Å². The second-order valence-corrected chi connectivity index (χ2v) is 4.49. The summed E-state index contributed by atoms with van der Waals surface area (Å²) >= 11 is 0. The summed E-state index contributed by atoms with van der Waals surface area (Å²) < 4.78 is 0. The molecule has 1 heteroatoms. The van der Waals surface area contributed by atoms with Crippen LogP contribution in [0.4, 0.5) is 0 Å². The van der Waals surface area contributed by atoms with Gasteiger partial charge in [0.1, 0.15) is 0 Å². The van der Waals surface area contributed by atoms with E-state index in [9.17, 15) is 0 Å². The first-order valence-corrected chi connectivity index (χ1v) is 4.51. The molecule has 0 aromatic carbocycles. The molecule has 1 atom stereocenters. The lowest BCUT2D eigenvalue weighted by atomic mass is 9.71. The lowest BCUT2D eigenvalue weighted by molar-refractivity contribution is 0.182. The third-order valence-electron chi connectivity index (χ3n) is 2.69. The quantitative estimate of drug-likeness (QED) is 0.565. The van der Waals surface area contributed by atoms with Crippen molar-refractivity contribution in [3.8, 4) is 6.07 Å². The molecule has 62 valence electrons. The van der Waals surface area contributed by atoms with E-state index in [4.69, 9.17) is 5.26 Å². The third kappa shape index (κ3) is 2.54. The Labute approximate surface area is 69.4 Å². The smallest absolute Gasteiger partial charge is 0.0624 e. The van der Waals surface area contributed by atoms with E-state index in [0.29, 0.717) is 11.3 Å². The van der Waals surface area contributed by atoms with Crippen LogP contribution in [0.5, 0.6) is 0 Å². The van der Waals surface area contributed by atoms with Crippen LogP contribution in [-0.2, 0) is 0 Å². The number of nitrogens with zero attached hydrogens (tertiary/aromatic N) is 1. The molecule has 0 aromatic heterocycles. The molecule has 0 N–H and O–H groups in total. The molecule has 1 rings (SSSR count). The van der Waals surface area contributed by atoms with E-state index in [0.717, 1.165) is 6.42 Å². The molecule has 0 radical (unpaired) electrons. The van der Waals surface area contributed by atoms with Gasteiger partial charge in [0.05, 0.1) is 6.07 Å². The maximum atomic E-state index is 8.54. The molecule has 1 nitrogen and oxygen atoms in total. The van der Waals surface area contributed by atoms with Gasteiger partial charge in [0.2, 0.25) is 0 Å². The lowest BCUT2D eigenvalue weighted by Crippen LogP contribution is -2.22. The minimum Gasteiger partial charge on any atom is -0.198 e. The zero-order valence-electron chi connectivity index (χ0n) is 7.56. The van der Waals surface area contributed by atoms with Gasteiger partial charge in [-0.05, 0) is 30.6 Å². The minimum atomic E-state index is 0.500. The van der Waals surface area contributed by atoms with Crippen LogP contribution in [0.25, 0.3) is 0 Å². The SMILES string of the molecule is CC1(C)CCCC(CC#N)C1. The average Bonchev–Trinajstić information content (AvgIpc) is 1.85. The van der Waals surface area contributed by atoms with Gasteiger partial charge in [-0.3, -0.25) is 0 Å². The summed E-state index contributed by atoms with van der Waals surface area (Å²) in [5.41, 5.74) is 0.500. The van der Waals surface area contributed by atoms with Crippen LogP contribution in [0, 0.1) is 22.7 Å². The molecule has 1 aliphatic carbocycles. The zero-order valence-corrected chi connectivity index (χ0v) is 7.56. The Balaban J connectivity index is 2.41. The number of rotatable bonds is 1. The van der Waals surface area contributed by atoms with Crippen molar-refractivity contribution in [3.05, 3.63) is 0 Å². The van der Waals surface area contributed by atoms with E-state index in [1.165, 1.54) is 25.7 Å². The summed E-state index contributed by atoms with van der Waals surface area (Å²) in [6.07, 6.45) is 5.95. The fourth-order valence-corrected chi connectivity index (χ4v) is 2.16. The fraction of sp³-hybridized carbons (Fsp3) is 0.900. The Kier molecular flexibility index (Phi) is 2.54. The van der Waals surface area contributed by atoms with Crippen molar-refractivity contribution in [1.82, 2.24) is 0 Å². The van der Waals surface area contributed by atoms with E-state index in [1.807, 2.05) is 0 Å². The Hall–Kier alpha value is -0.510. The predicted octanol–water partition coefficient (Wildman–Crippen LogP) is 3.12. The summed E-state index contributed by atoms with van der Waals surface area (Å²) in [6, 6.07) is 2.28. The summed E-state index contributed by atoms with van der Waals surface area (Å²) in [5.74, 6) is 0.684. The van der Waals surface area contributed by atoms with Crippen LogP contribution in [0.15, 0.2) is 0 Å². The van der Waals surface area contributed by atoms with Gasteiger partial charge < -0.3 is 0 Å². The number of nitriles is 1. The molecule has 0 spiro atoms. The second-order valence-electron chi connectivity index (χ2n) is 4.49. The maximum Gasteiger partial charge on any atom is 0.0624 e. The van der Waals surface area contributed by atoms with Gasteiger partial charge in [0.15, 0.2) is 0 Å². The molecule has 0 bridgehead atoms. The van der Waals surface area contributed by atoms with Crippen LogP contribution in [0.1, 0.15) is 46.0 Å². The number of hydrogen-bond donors (Lipinski definition) is 0. The molecule has 0 saturated heterocycles. The molecule has 1 fully saturated rings. The molecule has 1 unspecified atom stereocenters. The molecule has 11 heavy (non-hydrogen) atoms. The molecular weight excluding hydrogens is 134 g/mol. The monoisotopic (exact) mass is 151 g/mol. The van der Waals surface area contributed by atoms with Crippen molar-refractivity contribution in [2.45, 2.75) is 46.0 Å². The van der Waals surface area contributed by atoms with Crippen molar-refractivity contribution in [2.75, 3.05) is 0 Å². The largest absolute Gasteiger partial charge is 0.198 e. The Morgan fingerprint density at radius 2 is 2.27 bits per heavy atom. The van der Waals surface area contributed by atoms with Gasteiger partial charge >= 0.3 is 0 Å². The van der Waals surface area contributed by atoms with Crippen LogP contribution in [-0.4, -0.2) is 0 Å². The Morgan fingerprint density at radius 1 is 1.55 bits per heavy atom. The highest BCUT2D eigenvalue weighted by Crippen LogP contribution is 2.39. The highest BCUT2D eigenvalue weighted by Gasteiger charge is 2.27. The fourth-order valence-electron chi connectivity index (χ4n) is 2.16. The molecule has 0 amide bonds. The van der Waals surface area contributed by atoms with Crippen molar-refractivity contribution in [1.29, 1.82) is 5.26 Å². The van der Waals surface area contributed by atoms with E-state index in [1.54, 1.807) is 0 Å². The molecular formula is C10H17N. The predicted molar refractivity (Wildman–Crippen MR) is 46.0 cm³/mol. The first kappa shape index (κ1) is 8.59. The van der Waals surface area contributed by atoms with Gasteiger partial charge in [-0.25, -0.2) is 0 Å². The standard InChI is InChI=1S/C10H17N/c1-10(2)6-3-4-9(8-10)5-7-11/h9H,3-6,8H2,1-2H3. The first-order valence-electron chi connectivity index (χ1n) is 4.51. The maximum absolute atomic E-state index is 8.54. The normalized spacial score (nSPS) is 29.4.